The van der Waals surface area contributed by atoms with Crippen LogP contribution in [-0.4, -0.2) is 80.1 Å². The molecule has 3 fully saturated rings. The van der Waals surface area contributed by atoms with Gasteiger partial charge in [0.1, 0.15) is 6.04 Å². The van der Waals surface area contributed by atoms with Crippen LogP contribution in [0.25, 0.3) is 0 Å². The maximum absolute atomic E-state index is 14.7. The summed E-state index contributed by atoms with van der Waals surface area (Å²) in [6.45, 7) is 20.7. The normalized spacial score (nSPS) is 32.4. The summed E-state index contributed by atoms with van der Waals surface area (Å²) in [6.07, 6.45) is 3.79. The number of likely N-dealkylation sites (tertiary alicyclic amines) is 1. The Morgan fingerprint density at radius 3 is 2.44 bits per heavy atom. The zero-order chi connectivity index (χ0) is 27.2. The van der Waals surface area contributed by atoms with Gasteiger partial charge in [-0.2, -0.15) is 0 Å². The van der Waals surface area contributed by atoms with Gasteiger partial charge < -0.3 is 19.6 Å². The Labute approximate surface area is 221 Å². The van der Waals surface area contributed by atoms with Crippen LogP contribution in [0, 0.1) is 23.2 Å². The fraction of sp³-hybridized carbons (Fsp3) is 0.821. The van der Waals surface area contributed by atoms with Crippen molar-refractivity contribution in [1.82, 2.24) is 9.80 Å². The fourth-order valence-electron chi connectivity index (χ4n) is 7.36. The number of rotatable bonds is 10. The van der Waals surface area contributed by atoms with Gasteiger partial charge in [-0.15, -0.1) is 18.3 Å². The predicted molar refractivity (Wildman–Crippen MR) is 143 cm³/mol. The molecule has 1 N–H and O–H groups in total. The average molecular weight is 523 g/mol. The molecular weight excluding hydrogens is 476 g/mol. The number of esters is 1. The second-order valence-corrected chi connectivity index (χ2v) is 14.1. The zero-order valence-electron chi connectivity index (χ0n) is 23.4. The van der Waals surface area contributed by atoms with Crippen LogP contribution in [0.15, 0.2) is 12.7 Å². The Kier molecular flexibility index (Phi) is 8.32. The molecule has 3 heterocycles. The number of carbonyl (C=O) groups excluding carboxylic acids is 3. The van der Waals surface area contributed by atoms with Crippen molar-refractivity contribution in [1.29, 1.82) is 0 Å². The number of fused-ring (bicyclic) bond motifs is 1. The van der Waals surface area contributed by atoms with Gasteiger partial charge in [0.05, 0.1) is 35.8 Å². The molecule has 3 unspecified atom stereocenters. The first-order valence-corrected chi connectivity index (χ1v) is 14.3. The van der Waals surface area contributed by atoms with Crippen LogP contribution in [0.3, 0.4) is 0 Å². The van der Waals surface area contributed by atoms with Gasteiger partial charge in [-0.05, 0) is 51.4 Å². The highest BCUT2D eigenvalue weighted by atomic mass is 32.2. The summed E-state index contributed by atoms with van der Waals surface area (Å²) in [4.78, 5) is 45.5. The lowest BCUT2D eigenvalue weighted by Gasteiger charge is -2.47. The molecule has 7 atom stereocenters. The van der Waals surface area contributed by atoms with E-state index < -0.39 is 34.2 Å². The molecule has 36 heavy (non-hydrogen) atoms. The van der Waals surface area contributed by atoms with E-state index in [0.717, 1.165) is 12.8 Å². The summed E-state index contributed by atoms with van der Waals surface area (Å²) < 4.78 is 4.70. The van der Waals surface area contributed by atoms with Crippen molar-refractivity contribution in [3.8, 4) is 0 Å². The van der Waals surface area contributed by atoms with E-state index in [2.05, 4.69) is 48.1 Å². The van der Waals surface area contributed by atoms with Gasteiger partial charge in [-0.3, -0.25) is 14.4 Å². The molecule has 1 spiro atoms. The minimum atomic E-state index is -0.754. The molecule has 0 aromatic heterocycles. The Balaban J connectivity index is 2.16. The van der Waals surface area contributed by atoms with Crippen molar-refractivity contribution in [2.24, 2.45) is 23.2 Å². The van der Waals surface area contributed by atoms with Gasteiger partial charge in [0.25, 0.3) is 0 Å². The zero-order valence-corrected chi connectivity index (χ0v) is 24.2. The van der Waals surface area contributed by atoms with Crippen molar-refractivity contribution in [3.63, 3.8) is 0 Å². The van der Waals surface area contributed by atoms with E-state index in [9.17, 15) is 19.5 Å². The largest absolute Gasteiger partial charge is 0.466 e. The summed E-state index contributed by atoms with van der Waals surface area (Å²) in [5.41, 5.74) is -0.506. The SMILES string of the molecule is C=CCN(C(=O)C1N([C@@H](CC)CO)C(=O)[C@@H]2[C@H](C(=O)OCC)[C@@H]3CC(C)C12S3)C(C)(C)CC(C)(C)C. The molecule has 0 aromatic carbocycles. The third kappa shape index (κ3) is 4.61. The quantitative estimate of drug-likeness (QED) is 0.346. The average Bonchev–Trinajstić information content (AvgIpc) is 3.35. The molecular formula is C28H46N2O5S. The molecule has 3 aliphatic rings. The van der Waals surface area contributed by atoms with Crippen molar-refractivity contribution in [3.05, 3.63) is 12.7 Å². The number of ether oxygens (including phenoxy) is 1. The number of aliphatic hydroxyl groups excluding tert-OH is 1. The summed E-state index contributed by atoms with van der Waals surface area (Å²) in [5.74, 6) is -1.77. The minimum absolute atomic E-state index is 0.0187. The van der Waals surface area contributed by atoms with E-state index in [1.54, 1.807) is 29.7 Å². The minimum Gasteiger partial charge on any atom is -0.466 e. The highest BCUT2D eigenvalue weighted by molar-refractivity contribution is 8.02. The Bertz CT molecular complexity index is 880. The number of thioether (sulfide) groups is 1. The van der Waals surface area contributed by atoms with Gasteiger partial charge in [-0.25, -0.2) is 0 Å². The van der Waals surface area contributed by atoms with Crippen LogP contribution < -0.4 is 0 Å². The van der Waals surface area contributed by atoms with Crippen molar-refractivity contribution in [2.75, 3.05) is 19.8 Å². The number of amides is 2. The molecule has 204 valence electrons. The molecule has 2 bridgehead atoms. The first-order chi connectivity index (χ1) is 16.7. The summed E-state index contributed by atoms with van der Waals surface area (Å²) in [7, 11) is 0. The van der Waals surface area contributed by atoms with E-state index >= 15 is 0 Å². The van der Waals surface area contributed by atoms with E-state index in [4.69, 9.17) is 4.74 Å². The Morgan fingerprint density at radius 2 is 1.94 bits per heavy atom. The van der Waals surface area contributed by atoms with Gasteiger partial charge in [-0.1, -0.05) is 40.7 Å². The molecule has 3 aliphatic heterocycles. The molecule has 0 aromatic rings. The third-order valence-corrected chi connectivity index (χ3v) is 10.4. The van der Waals surface area contributed by atoms with Crippen molar-refractivity contribution in [2.45, 2.75) is 102 Å². The standard InChI is InChI=1S/C28H46N2O5S/c1-10-13-29(27(8,9)16-26(5,6)7)24(33)22-28-17(4)14-19(36-28)20(25(34)35-12-3)21(28)23(32)30(22)18(11-2)15-31/h10,17-22,31H,1,11-16H2,2-9H3/t17?,18-,19-,20+,21-,22?,28?/m0/s1. The first kappa shape index (κ1) is 29.0. The molecule has 2 amide bonds. The van der Waals surface area contributed by atoms with Crippen LogP contribution in [0.4, 0.5) is 0 Å². The Morgan fingerprint density at radius 1 is 1.31 bits per heavy atom. The molecule has 3 saturated heterocycles. The maximum Gasteiger partial charge on any atom is 0.310 e. The number of hydrogen-bond acceptors (Lipinski definition) is 6. The molecule has 0 radical (unpaired) electrons. The van der Waals surface area contributed by atoms with E-state index in [1.807, 2.05) is 11.8 Å². The molecule has 8 heteroatoms. The number of nitrogens with zero attached hydrogens (tertiary/aromatic N) is 2. The second kappa shape index (κ2) is 10.3. The fourth-order valence-corrected chi connectivity index (χ4v) is 9.75. The van der Waals surface area contributed by atoms with E-state index in [-0.39, 0.29) is 47.6 Å². The van der Waals surface area contributed by atoms with E-state index in [0.29, 0.717) is 13.0 Å². The van der Waals surface area contributed by atoms with Gasteiger partial charge in [0, 0.05) is 17.3 Å². The Hall–Kier alpha value is -1.54. The lowest BCUT2D eigenvalue weighted by Crippen LogP contribution is -2.62. The van der Waals surface area contributed by atoms with Crippen LogP contribution >= 0.6 is 11.8 Å². The number of carbonyl (C=O) groups is 3. The predicted octanol–water partition coefficient (Wildman–Crippen LogP) is 3.89. The van der Waals surface area contributed by atoms with Crippen molar-refractivity contribution < 1.29 is 24.2 Å². The lowest BCUT2D eigenvalue weighted by atomic mass is 9.66. The van der Waals surface area contributed by atoms with Crippen molar-refractivity contribution >= 4 is 29.5 Å². The topological polar surface area (TPSA) is 87.2 Å². The lowest BCUT2D eigenvalue weighted by molar-refractivity contribution is -0.154. The van der Waals surface area contributed by atoms with Crippen LogP contribution in [0.5, 0.6) is 0 Å². The highest BCUT2D eigenvalue weighted by Crippen LogP contribution is 2.69. The number of hydrogen-bond donors (Lipinski definition) is 1. The van der Waals surface area contributed by atoms with Crippen LogP contribution in [0.2, 0.25) is 0 Å². The molecule has 0 aliphatic carbocycles. The van der Waals surface area contributed by atoms with Gasteiger partial charge in [0.2, 0.25) is 11.8 Å². The van der Waals surface area contributed by atoms with Gasteiger partial charge in [0.15, 0.2) is 0 Å². The highest BCUT2D eigenvalue weighted by Gasteiger charge is 2.77. The van der Waals surface area contributed by atoms with E-state index in [1.165, 1.54) is 0 Å². The summed E-state index contributed by atoms with van der Waals surface area (Å²) in [5, 5.41) is 10.2. The third-order valence-electron chi connectivity index (χ3n) is 8.32. The molecule has 7 nitrogen and oxygen atoms in total. The summed E-state index contributed by atoms with van der Waals surface area (Å²) in [6, 6.07) is -1.24. The molecule has 0 saturated carbocycles. The van der Waals surface area contributed by atoms with Crippen LogP contribution in [-0.2, 0) is 19.1 Å². The number of aliphatic hydroxyl groups is 1. The first-order valence-electron chi connectivity index (χ1n) is 13.4. The smallest absolute Gasteiger partial charge is 0.310 e. The maximum atomic E-state index is 14.7. The van der Waals surface area contributed by atoms with Crippen LogP contribution in [0.1, 0.15) is 74.7 Å². The molecule has 3 rings (SSSR count). The summed E-state index contributed by atoms with van der Waals surface area (Å²) >= 11 is 1.64. The monoisotopic (exact) mass is 522 g/mol. The van der Waals surface area contributed by atoms with Gasteiger partial charge >= 0.3 is 5.97 Å². The second-order valence-electron chi connectivity index (χ2n) is 12.6.